The van der Waals surface area contributed by atoms with Gasteiger partial charge in [-0.2, -0.15) is 0 Å². The maximum Gasteiger partial charge on any atom is 0.407 e. The SMILES string of the molecule is CC(=O)Nc1ccsc1CNC(C)CNC(=O)OC(C)(C)C. The summed E-state index contributed by atoms with van der Waals surface area (Å²) in [6.45, 7) is 10.0. The van der Waals surface area contributed by atoms with E-state index in [0.29, 0.717) is 13.1 Å². The summed E-state index contributed by atoms with van der Waals surface area (Å²) in [5.41, 5.74) is 0.336. The molecule has 1 aromatic heterocycles. The minimum Gasteiger partial charge on any atom is -0.444 e. The lowest BCUT2D eigenvalue weighted by Crippen LogP contribution is -2.40. The molecule has 0 aliphatic heterocycles. The van der Waals surface area contributed by atoms with Crippen LogP contribution in [0.15, 0.2) is 11.4 Å². The fraction of sp³-hybridized carbons (Fsp3) is 0.600. The van der Waals surface area contributed by atoms with Crippen LogP contribution in [0.4, 0.5) is 10.5 Å². The van der Waals surface area contributed by atoms with Gasteiger partial charge in [-0.15, -0.1) is 11.3 Å². The molecule has 0 aliphatic rings. The number of carbonyl (C=O) groups excluding carboxylic acids is 2. The molecule has 0 radical (unpaired) electrons. The van der Waals surface area contributed by atoms with E-state index in [4.69, 9.17) is 4.74 Å². The maximum atomic E-state index is 11.6. The Labute approximate surface area is 135 Å². The minimum atomic E-state index is -0.495. The summed E-state index contributed by atoms with van der Waals surface area (Å²) in [7, 11) is 0. The number of thiophene rings is 1. The predicted octanol–water partition coefficient (Wildman–Crippen LogP) is 2.71. The number of nitrogens with one attached hydrogen (secondary N) is 3. The molecule has 2 amide bonds. The average molecular weight is 327 g/mol. The molecule has 1 atom stereocenters. The summed E-state index contributed by atoms with van der Waals surface area (Å²) in [5, 5.41) is 10.8. The summed E-state index contributed by atoms with van der Waals surface area (Å²) in [6.07, 6.45) is -0.420. The van der Waals surface area contributed by atoms with Crippen molar-refractivity contribution < 1.29 is 14.3 Å². The number of hydrogen-bond donors (Lipinski definition) is 3. The van der Waals surface area contributed by atoms with E-state index in [1.807, 2.05) is 39.1 Å². The van der Waals surface area contributed by atoms with Crippen LogP contribution < -0.4 is 16.0 Å². The molecule has 7 heteroatoms. The molecule has 0 saturated carbocycles. The molecule has 1 heterocycles. The molecule has 0 aliphatic carbocycles. The fourth-order valence-corrected chi connectivity index (χ4v) is 2.45. The molecular formula is C15H25N3O3S. The highest BCUT2D eigenvalue weighted by atomic mass is 32.1. The average Bonchev–Trinajstić information content (AvgIpc) is 2.78. The highest BCUT2D eigenvalue weighted by Crippen LogP contribution is 2.22. The molecule has 0 spiro atoms. The van der Waals surface area contributed by atoms with Crippen molar-refractivity contribution >= 4 is 29.0 Å². The second kappa shape index (κ2) is 8.14. The van der Waals surface area contributed by atoms with Gasteiger partial charge in [0.05, 0.1) is 5.69 Å². The Bertz CT molecular complexity index is 508. The number of hydrogen-bond acceptors (Lipinski definition) is 5. The summed E-state index contributed by atoms with van der Waals surface area (Å²) in [5.74, 6) is -0.0840. The van der Waals surface area contributed by atoms with Gasteiger partial charge in [-0.25, -0.2) is 4.79 Å². The lowest BCUT2D eigenvalue weighted by Gasteiger charge is -2.21. The van der Waals surface area contributed by atoms with E-state index >= 15 is 0 Å². The summed E-state index contributed by atoms with van der Waals surface area (Å²) >= 11 is 1.58. The lowest BCUT2D eigenvalue weighted by atomic mass is 10.2. The van der Waals surface area contributed by atoms with Crippen molar-refractivity contribution in [2.45, 2.75) is 52.8 Å². The number of amides is 2. The van der Waals surface area contributed by atoms with E-state index in [9.17, 15) is 9.59 Å². The maximum absolute atomic E-state index is 11.6. The van der Waals surface area contributed by atoms with Crippen molar-refractivity contribution in [1.82, 2.24) is 10.6 Å². The van der Waals surface area contributed by atoms with Crippen molar-refractivity contribution in [3.05, 3.63) is 16.3 Å². The molecule has 0 saturated heterocycles. The third-order valence-corrected chi connectivity index (χ3v) is 3.54. The quantitative estimate of drug-likeness (QED) is 0.750. The van der Waals surface area contributed by atoms with Crippen molar-refractivity contribution in [3.63, 3.8) is 0 Å². The third kappa shape index (κ3) is 7.42. The van der Waals surface area contributed by atoms with Crippen LogP contribution in [0.25, 0.3) is 0 Å². The first-order valence-corrected chi connectivity index (χ1v) is 8.09. The van der Waals surface area contributed by atoms with Crippen LogP contribution in [0.5, 0.6) is 0 Å². The topological polar surface area (TPSA) is 79.5 Å². The van der Waals surface area contributed by atoms with Crippen molar-refractivity contribution in [3.8, 4) is 0 Å². The van der Waals surface area contributed by atoms with Crippen LogP contribution >= 0.6 is 11.3 Å². The molecule has 1 rings (SSSR count). The van der Waals surface area contributed by atoms with Crippen LogP contribution in [0.2, 0.25) is 0 Å². The highest BCUT2D eigenvalue weighted by molar-refractivity contribution is 7.10. The van der Waals surface area contributed by atoms with Gasteiger partial charge in [0.25, 0.3) is 0 Å². The molecule has 1 unspecified atom stereocenters. The number of ether oxygens (including phenoxy) is 1. The fourth-order valence-electron chi connectivity index (χ4n) is 1.67. The monoisotopic (exact) mass is 327 g/mol. The van der Waals surface area contributed by atoms with Gasteiger partial charge < -0.3 is 20.7 Å². The first-order valence-electron chi connectivity index (χ1n) is 7.21. The zero-order valence-corrected chi connectivity index (χ0v) is 14.6. The van der Waals surface area contributed by atoms with Crippen LogP contribution in [-0.2, 0) is 16.1 Å². The Balaban J connectivity index is 2.34. The standard InChI is InChI=1S/C15H25N3O3S/c1-10(8-17-14(20)21-15(3,4)5)16-9-13-12(6-7-22-13)18-11(2)19/h6-7,10,16H,8-9H2,1-5H3,(H,17,20)(H,18,19). The van der Waals surface area contributed by atoms with Crippen LogP contribution in [0.3, 0.4) is 0 Å². The molecule has 0 bridgehead atoms. The smallest absolute Gasteiger partial charge is 0.407 e. The molecule has 0 aromatic carbocycles. The Morgan fingerprint density at radius 1 is 1.36 bits per heavy atom. The lowest BCUT2D eigenvalue weighted by molar-refractivity contribution is -0.114. The van der Waals surface area contributed by atoms with Gasteiger partial charge in [0.2, 0.25) is 5.91 Å². The molecule has 0 fully saturated rings. The van der Waals surface area contributed by atoms with Gasteiger partial charge in [0.1, 0.15) is 5.60 Å². The minimum absolute atomic E-state index is 0.0831. The normalized spacial score (nSPS) is 12.6. The number of alkyl carbamates (subject to hydrolysis) is 1. The number of carbonyl (C=O) groups is 2. The number of rotatable bonds is 6. The van der Waals surface area contributed by atoms with E-state index in [1.54, 1.807) is 11.3 Å². The van der Waals surface area contributed by atoms with Crippen molar-refractivity contribution in [1.29, 1.82) is 0 Å². The summed E-state index contributed by atoms with van der Waals surface area (Å²) in [6, 6.07) is 1.96. The van der Waals surface area contributed by atoms with Gasteiger partial charge in [0.15, 0.2) is 0 Å². The Kier molecular flexibility index (Phi) is 6.83. The van der Waals surface area contributed by atoms with Gasteiger partial charge in [-0.05, 0) is 39.1 Å². The van der Waals surface area contributed by atoms with E-state index in [0.717, 1.165) is 10.6 Å². The van der Waals surface area contributed by atoms with Gasteiger partial charge in [-0.3, -0.25) is 4.79 Å². The zero-order valence-electron chi connectivity index (χ0n) is 13.8. The first kappa shape index (κ1) is 18.4. The summed E-state index contributed by atoms with van der Waals surface area (Å²) in [4.78, 5) is 23.7. The van der Waals surface area contributed by atoms with E-state index in [-0.39, 0.29) is 11.9 Å². The van der Waals surface area contributed by atoms with Gasteiger partial charge in [-0.1, -0.05) is 0 Å². The van der Waals surface area contributed by atoms with Gasteiger partial charge in [0, 0.05) is 30.9 Å². The Morgan fingerprint density at radius 3 is 2.64 bits per heavy atom. The molecule has 1 aromatic rings. The van der Waals surface area contributed by atoms with Crippen molar-refractivity contribution in [2.75, 3.05) is 11.9 Å². The Morgan fingerprint density at radius 2 is 2.05 bits per heavy atom. The van der Waals surface area contributed by atoms with E-state index in [2.05, 4.69) is 16.0 Å². The highest BCUT2D eigenvalue weighted by Gasteiger charge is 2.16. The molecule has 3 N–H and O–H groups in total. The van der Waals surface area contributed by atoms with Crippen LogP contribution in [-0.4, -0.2) is 30.2 Å². The first-order chi connectivity index (χ1) is 10.2. The Hall–Kier alpha value is -1.60. The second-order valence-electron chi connectivity index (χ2n) is 6.10. The molecular weight excluding hydrogens is 302 g/mol. The number of anilines is 1. The summed E-state index contributed by atoms with van der Waals surface area (Å²) < 4.78 is 5.18. The zero-order chi connectivity index (χ0) is 16.8. The third-order valence-electron chi connectivity index (χ3n) is 2.62. The molecule has 124 valence electrons. The van der Waals surface area contributed by atoms with Crippen LogP contribution in [0.1, 0.15) is 39.5 Å². The second-order valence-corrected chi connectivity index (χ2v) is 7.10. The predicted molar refractivity (Wildman–Crippen MR) is 89.2 cm³/mol. The largest absolute Gasteiger partial charge is 0.444 e. The molecule has 6 nitrogen and oxygen atoms in total. The molecule has 22 heavy (non-hydrogen) atoms. The van der Waals surface area contributed by atoms with E-state index in [1.165, 1.54) is 6.92 Å². The van der Waals surface area contributed by atoms with Gasteiger partial charge >= 0.3 is 6.09 Å². The van der Waals surface area contributed by atoms with E-state index < -0.39 is 11.7 Å². The van der Waals surface area contributed by atoms with Crippen molar-refractivity contribution in [2.24, 2.45) is 0 Å². The van der Waals surface area contributed by atoms with Crippen LogP contribution in [0, 0.1) is 0 Å².